The second-order valence-electron chi connectivity index (χ2n) is 4.52. The molecule has 1 aromatic heterocycles. The highest BCUT2D eigenvalue weighted by Crippen LogP contribution is 2.30. The van der Waals surface area contributed by atoms with Crippen molar-refractivity contribution < 1.29 is 19.1 Å². The van der Waals surface area contributed by atoms with Crippen LogP contribution in [0.25, 0.3) is 0 Å². The summed E-state index contributed by atoms with van der Waals surface area (Å²) in [7, 11) is 0. The Hall–Kier alpha value is -1.87. The number of aryl methyl sites for hydroxylation is 1. The minimum absolute atomic E-state index is 0.116. The number of nitrogens with two attached hydrogens (primary N) is 1. The largest absolute Gasteiger partial charge is 0.447 e. The Balaban J connectivity index is 1.88. The van der Waals surface area contributed by atoms with Crippen molar-refractivity contribution in [3.05, 3.63) is 17.5 Å². The number of rotatable bonds is 6. The van der Waals surface area contributed by atoms with Crippen molar-refractivity contribution in [1.29, 1.82) is 0 Å². The van der Waals surface area contributed by atoms with Crippen molar-refractivity contribution in [3.8, 4) is 0 Å². The third-order valence-corrected chi connectivity index (χ3v) is 3.47. The normalized spacial score (nSPS) is 17.3. The molecule has 0 fully saturated rings. The molecular formula is C12H18N4O4S. The molecule has 2 rings (SSSR count). The van der Waals surface area contributed by atoms with E-state index >= 15 is 0 Å². The lowest BCUT2D eigenvalue weighted by atomic mass is 10.2. The lowest BCUT2D eigenvalue weighted by molar-refractivity contribution is 0.0788. The van der Waals surface area contributed by atoms with E-state index in [9.17, 15) is 9.59 Å². The second kappa shape index (κ2) is 6.72. The first-order valence-corrected chi connectivity index (χ1v) is 6.96. The molecular weight excluding hydrogens is 296 g/mol. The minimum Gasteiger partial charge on any atom is -0.447 e. The highest BCUT2D eigenvalue weighted by molar-refractivity contribution is 7.81. The number of thiol groups is 1. The summed E-state index contributed by atoms with van der Waals surface area (Å²) >= 11 is 4.37. The van der Waals surface area contributed by atoms with Crippen molar-refractivity contribution in [2.24, 2.45) is 5.73 Å². The number of fused-ring (bicyclic) bond motifs is 1. The molecule has 1 aliphatic heterocycles. The van der Waals surface area contributed by atoms with Crippen LogP contribution in [0.5, 0.6) is 0 Å². The van der Waals surface area contributed by atoms with E-state index < -0.39 is 11.6 Å². The van der Waals surface area contributed by atoms with E-state index in [2.05, 4.69) is 27.7 Å². The number of hydrogen-bond donors (Lipinski definition) is 4. The Morgan fingerprint density at radius 1 is 1.48 bits per heavy atom. The maximum absolute atomic E-state index is 11.8. The van der Waals surface area contributed by atoms with Crippen molar-refractivity contribution in [2.45, 2.75) is 12.4 Å². The number of aromatic nitrogens is 1. The molecule has 0 radical (unpaired) electrons. The first kappa shape index (κ1) is 15.5. The van der Waals surface area contributed by atoms with E-state index in [1.807, 2.05) is 11.8 Å². The number of amides is 2. The van der Waals surface area contributed by atoms with Crippen LogP contribution in [0.15, 0.2) is 6.20 Å². The number of carbonyl (C=O) groups is 2. The molecule has 0 saturated carbocycles. The van der Waals surface area contributed by atoms with Crippen LogP contribution in [0, 0.1) is 6.92 Å². The van der Waals surface area contributed by atoms with Crippen LogP contribution >= 0.6 is 12.6 Å². The standard InChI is InChI=1S/C12H18N4O4S/c1-7-6-14-8-9(7)16(12(21)15-10(8)17)2-3-19-4-5-20-11(13)18/h6,12,14,21H,2-5H2,1H3,(H2,13,18)(H,15,17). The van der Waals surface area contributed by atoms with Gasteiger partial charge in [-0.25, -0.2) is 4.79 Å². The van der Waals surface area contributed by atoms with Crippen molar-refractivity contribution in [1.82, 2.24) is 10.3 Å². The quantitative estimate of drug-likeness (QED) is 0.443. The summed E-state index contributed by atoms with van der Waals surface area (Å²) < 4.78 is 9.92. The average Bonchev–Trinajstić information content (AvgIpc) is 2.79. The molecule has 0 aromatic carbocycles. The second-order valence-corrected chi connectivity index (χ2v) is 5.00. The topological polar surface area (TPSA) is 110 Å². The van der Waals surface area contributed by atoms with Crippen LogP contribution in [-0.4, -0.2) is 48.8 Å². The molecule has 0 spiro atoms. The predicted octanol–water partition coefficient (Wildman–Crippen LogP) is 0.198. The van der Waals surface area contributed by atoms with Crippen LogP contribution in [0.2, 0.25) is 0 Å². The van der Waals surface area contributed by atoms with Gasteiger partial charge >= 0.3 is 6.09 Å². The number of H-pyrrole nitrogens is 1. The van der Waals surface area contributed by atoms with Gasteiger partial charge in [0.2, 0.25) is 0 Å². The van der Waals surface area contributed by atoms with Gasteiger partial charge in [-0.1, -0.05) is 0 Å². The maximum Gasteiger partial charge on any atom is 0.404 e. The van der Waals surface area contributed by atoms with Crippen LogP contribution in [0.3, 0.4) is 0 Å². The molecule has 0 saturated heterocycles. The third-order valence-electron chi connectivity index (χ3n) is 3.06. The Labute approximate surface area is 127 Å². The molecule has 0 aliphatic carbocycles. The Kier molecular flexibility index (Phi) is 4.97. The molecule has 1 aliphatic rings. The number of carbonyl (C=O) groups excluding carboxylic acids is 2. The number of hydrogen-bond acceptors (Lipinski definition) is 6. The van der Waals surface area contributed by atoms with Crippen molar-refractivity contribution in [2.75, 3.05) is 31.3 Å². The van der Waals surface area contributed by atoms with E-state index in [4.69, 9.17) is 10.5 Å². The number of primary amides is 1. The number of nitrogens with zero attached hydrogens (tertiary/aromatic N) is 1. The van der Waals surface area contributed by atoms with E-state index in [1.165, 1.54) is 0 Å². The fourth-order valence-corrected chi connectivity index (χ4v) is 2.50. The summed E-state index contributed by atoms with van der Waals surface area (Å²) in [5, 5.41) is 2.74. The lowest BCUT2D eigenvalue weighted by Crippen LogP contribution is -2.51. The Bertz CT molecular complexity index is 533. The van der Waals surface area contributed by atoms with E-state index in [0.29, 0.717) is 18.8 Å². The Morgan fingerprint density at radius 2 is 2.24 bits per heavy atom. The van der Waals surface area contributed by atoms with Gasteiger partial charge < -0.3 is 30.4 Å². The molecule has 1 atom stereocenters. The molecule has 1 aromatic rings. The summed E-state index contributed by atoms with van der Waals surface area (Å²) in [6.07, 6.45) is 0.963. The van der Waals surface area contributed by atoms with Gasteiger partial charge in [0.1, 0.15) is 17.8 Å². The number of nitrogens with one attached hydrogen (secondary N) is 2. The van der Waals surface area contributed by atoms with Gasteiger partial charge in [-0.05, 0) is 12.5 Å². The van der Waals surface area contributed by atoms with E-state index in [-0.39, 0.29) is 19.1 Å². The van der Waals surface area contributed by atoms with Gasteiger partial charge in [-0.3, -0.25) is 4.79 Å². The number of aromatic amines is 1. The van der Waals surface area contributed by atoms with E-state index in [0.717, 1.165) is 11.3 Å². The van der Waals surface area contributed by atoms with Gasteiger partial charge in [0.15, 0.2) is 0 Å². The minimum atomic E-state index is -0.819. The SMILES string of the molecule is Cc1c[nH]c2c1N(CCOCCOC(N)=O)C(S)NC2=O. The van der Waals surface area contributed by atoms with Gasteiger partial charge in [-0.2, -0.15) is 0 Å². The summed E-state index contributed by atoms with van der Waals surface area (Å²) in [6.45, 7) is 3.24. The monoisotopic (exact) mass is 314 g/mol. The fraction of sp³-hybridized carbons (Fsp3) is 0.500. The van der Waals surface area contributed by atoms with E-state index in [1.54, 1.807) is 6.20 Å². The van der Waals surface area contributed by atoms with Crippen molar-refractivity contribution in [3.63, 3.8) is 0 Å². The third kappa shape index (κ3) is 3.61. The first-order valence-electron chi connectivity index (χ1n) is 6.44. The lowest BCUT2D eigenvalue weighted by Gasteiger charge is -2.35. The van der Waals surface area contributed by atoms with Crippen LogP contribution in [0.4, 0.5) is 10.5 Å². The molecule has 21 heavy (non-hydrogen) atoms. The smallest absolute Gasteiger partial charge is 0.404 e. The van der Waals surface area contributed by atoms with Crippen LogP contribution < -0.4 is 16.0 Å². The van der Waals surface area contributed by atoms with Crippen LogP contribution in [0.1, 0.15) is 16.1 Å². The molecule has 116 valence electrons. The highest BCUT2D eigenvalue weighted by atomic mass is 32.1. The number of anilines is 1. The zero-order valence-electron chi connectivity index (χ0n) is 11.6. The zero-order chi connectivity index (χ0) is 15.4. The van der Waals surface area contributed by atoms with Crippen molar-refractivity contribution >= 4 is 30.3 Å². The molecule has 0 bridgehead atoms. The predicted molar refractivity (Wildman–Crippen MR) is 79.5 cm³/mol. The summed E-state index contributed by atoms with van der Waals surface area (Å²) in [6, 6.07) is 0. The van der Waals surface area contributed by atoms with Gasteiger partial charge in [0.25, 0.3) is 5.91 Å². The zero-order valence-corrected chi connectivity index (χ0v) is 12.5. The molecule has 1 unspecified atom stereocenters. The first-order chi connectivity index (χ1) is 10.0. The average molecular weight is 314 g/mol. The van der Waals surface area contributed by atoms with Gasteiger partial charge in [0, 0.05) is 12.7 Å². The number of ether oxygens (including phenoxy) is 2. The Morgan fingerprint density at radius 3 is 2.95 bits per heavy atom. The molecule has 8 nitrogen and oxygen atoms in total. The summed E-state index contributed by atoms with van der Waals surface area (Å²) in [4.78, 5) is 27.1. The highest BCUT2D eigenvalue weighted by Gasteiger charge is 2.30. The molecule has 2 amide bonds. The summed E-state index contributed by atoms with van der Waals surface area (Å²) in [5.41, 5.74) is 6.74. The summed E-state index contributed by atoms with van der Waals surface area (Å²) in [5.74, 6) is -0.176. The fourth-order valence-electron chi connectivity index (χ4n) is 2.15. The van der Waals surface area contributed by atoms with Gasteiger partial charge in [0.05, 0.1) is 18.9 Å². The molecule has 2 heterocycles. The van der Waals surface area contributed by atoms with Crippen LogP contribution in [-0.2, 0) is 9.47 Å². The van der Waals surface area contributed by atoms with Gasteiger partial charge in [-0.15, -0.1) is 12.6 Å². The maximum atomic E-state index is 11.8. The molecule has 9 heteroatoms. The molecule has 4 N–H and O–H groups in total.